The maximum atomic E-state index is 5.22. The Labute approximate surface area is 200 Å². The van der Waals surface area contributed by atoms with E-state index in [4.69, 9.17) is 9.97 Å². The van der Waals surface area contributed by atoms with Crippen molar-refractivity contribution in [1.29, 1.82) is 0 Å². The van der Waals surface area contributed by atoms with Crippen molar-refractivity contribution in [3.05, 3.63) is 138 Å². The highest BCUT2D eigenvalue weighted by Gasteiger charge is 2.41. The standard InChI is InChI=1S/C30H28N4/c1-29(2,3)28-21-25(33-34-28)24-17-12-19-27(32-24)30(22-13-6-4-7-14-22,23-15-8-5-9-16-23)26-18-10-11-20-31-26/h4-21H,1-3H3,(H,33,34). The van der Waals surface area contributed by atoms with E-state index >= 15 is 0 Å². The maximum absolute atomic E-state index is 5.22. The minimum atomic E-state index is -0.678. The second-order valence-corrected chi connectivity index (χ2v) is 9.52. The molecule has 0 fully saturated rings. The molecule has 4 heteroatoms. The predicted molar refractivity (Wildman–Crippen MR) is 137 cm³/mol. The molecule has 0 spiro atoms. The van der Waals surface area contributed by atoms with Gasteiger partial charge in [0.1, 0.15) is 11.1 Å². The first-order valence-corrected chi connectivity index (χ1v) is 11.6. The molecule has 0 bridgehead atoms. The van der Waals surface area contributed by atoms with Crippen LogP contribution in [-0.4, -0.2) is 20.2 Å². The van der Waals surface area contributed by atoms with Crippen molar-refractivity contribution in [3.8, 4) is 11.4 Å². The van der Waals surface area contributed by atoms with Crippen molar-refractivity contribution >= 4 is 0 Å². The molecule has 5 aromatic rings. The van der Waals surface area contributed by atoms with Gasteiger partial charge in [0.05, 0.1) is 17.1 Å². The summed E-state index contributed by atoms with van der Waals surface area (Å²) in [5.41, 5.74) is 6.10. The molecule has 2 aromatic carbocycles. The highest BCUT2D eigenvalue weighted by atomic mass is 15.1. The number of aromatic amines is 1. The van der Waals surface area contributed by atoms with Crippen LogP contribution in [0.15, 0.2) is 109 Å². The summed E-state index contributed by atoms with van der Waals surface area (Å²) in [5.74, 6) is 0. The van der Waals surface area contributed by atoms with Gasteiger partial charge in [-0.25, -0.2) is 4.98 Å². The zero-order chi connectivity index (χ0) is 23.6. The van der Waals surface area contributed by atoms with Crippen molar-refractivity contribution in [2.75, 3.05) is 0 Å². The van der Waals surface area contributed by atoms with Gasteiger partial charge in [-0.1, -0.05) is 93.6 Å². The van der Waals surface area contributed by atoms with Crippen LogP contribution >= 0.6 is 0 Å². The molecular formula is C30H28N4. The fraction of sp³-hybridized carbons (Fsp3) is 0.167. The molecule has 0 amide bonds. The lowest BCUT2D eigenvalue weighted by Crippen LogP contribution is -2.33. The number of nitrogens with zero attached hydrogens (tertiary/aromatic N) is 3. The van der Waals surface area contributed by atoms with Crippen LogP contribution < -0.4 is 0 Å². The second kappa shape index (κ2) is 8.71. The van der Waals surface area contributed by atoms with Crippen molar-refractivity contribution in [3.63, 3.8) is 0 Å². The zero-order valence-electron chi connectivity index (χ0n) is 19.7. The molecule has 0 aliphatic heterocycles. The van der Waals surface area contributed by atoms with E-state index in [1.807, 2.05) is 36.5 Å². The average molecular weight is 445 g/mol. The third-order valence-corrected chi connectivity index (χ3v) is 6.24. The van der Waals surface area contributed by atoms with Gasteiger partial charge in [0.2, 0.25) is 0 Å². The third-order valence-electron chi connectivity index (χ3n) is 6.24. The average Bonchev–Trinajstić information content (AvgIpc) is 3.38. The second-order valence-electron chi connectivity index (χ2n) is 9.52. The normalized spacial score (nSPS) is 12.0. The lowest BCUT2D eigenvalue weighted by molar-refractivity contribution is 0.567. The Bertz CT molecular complexity index is 1270. The predicted octanol–water partition coefficient (Wildman–Crippen LogP) is 6.55. The molecule has 0 aliphatic rings. The minimum absolute atomic E-state index is 0.0192. The summed E-state index contributed by atoms with van der Waals surface area (Å²) < 4.78 is 0. The quantitative estimate of drug-likeness (QED) is 0.334. The Morgan fingerprint density at radius 3 is 1.79 bits per heavy atom. The summed E-state index contributed by atoms with van der Waals surface area (Å²) in [7, 11) is 0. The number of aromatic nitrogens is 4. The summed E-state index contributed by atoms with van der Waals surface area (Å²) in [6.07, 6.45) is 1.85. The van der Waals surface area contributed by atoms with Gasteiger partial charge >= 0.3 is 0 Å². The summed E-state index contributed by atoms with van der Waals surface area (Å²) in [5, 5.41) is 7.79. The van der Waals surface area contributed by atoms with Gasteiger partial charge in [-0.05, 0) is 41.5 Å². The highest BCUT2D eigenvalue weighted by molar-refractivity contribution is 5.60. The maximum Gasteiger partial charge on any atom is 0.111 e. The summed E-state index contributed by atoms with van der Waals surface area (Å²) in [6, 6.07) is 35.3. The SMILES string of the molecule is CC(C)(C)c1cc(-c2cccc(C(c3ccccc3)(c3ccccc3)c3ccccn3)n2)n[nH]1. The lowest BCUT2D eigenvalue weighted by Gasteiger charge is -2.34. The van der Waals surface area contributed by atoms with Crippen LogP contribution in [0.2, 0.25) is 0 Å². The van der Waals surface area contributed by atoms with E-state index in [0.29, 0.717) is 0 Å². The Kier molecular flexibility index (Phi) is 5.58. The number of rotatable bonds is 5. The van der Waals surface area contributed by atoms with E-state index < -0.39 is 5.41 Å². The Hall–Kier alpha value is -4.05. The Morgan fingerprint density at radius 2 is 1.24 bits per heavy atom. The largest absolute Gasteiger partial charge is 0.281 e. The molecule has 0 aliphatic carbocycles. The molecule has 1 N–H and O–H groups in total. The van der Waals surface area contributed by atoms with Gasteiger partial charge in [0, 0.05) is 17.3 Å². The number of hydrogen-bond acceptors (Lipinski definition) is 3. The van der Waals surface area contributed by atoms with Gasteiger partial charge in [-0.2, -0.15) is 5.10 Å². The molecule has 0 radical (unpaired) electrons. The molecule has 4 nitrogen and oxygen atoms in total. The molecule has 0 saturated carbocycles. The number of pyridine rings is 2. The molecule has 3 heterocycles. The van der Waals surface area contributed by atoms with Crippen LogP contribution in [0.4, 0.5) is 0 Å². The molecule has 168 valence electrons. The fourth-order valence-corrected chi connectivity index (χ4v) is 4.47. The molecule has 34 heavy (non-hydrogen) atoms. The van der Waals surface area contributed by atoms with Crippen molar-refractivity contribution in [1.82, 2.24) is 20.2 Å². The number of hydrogen-bond donors (Lipinski definition) is 1. The summed E-state index contributed by atoms with van der Waals surface area (Å²) in [6.45, 7) is 6.52. The Balaban J connectivity index is 1.79. The lowest BCUT2D eigenvalue weighted by atomic mass is 9.69. The van der Waals surface area contributed by atoms with Crippen molar-refractivity contribution < 1.29 is 0 Å². The first-order valence-electron chi connectivity index (χ1n) is 11.6. The van der Waals surface area contributed by atoms with Crippen molar-refractivity contribution in [2.24, 2.45) is 0 Å². The molecule has 0 atom stereocenters. The number of nitrogens with one attached hydrogen (secondary N) is 1. The molecular weight excluding hydrogens is 416 g/mol. The van der Waals surface area contributed by atoms with Gasteiger partial charge in [-0.3, -0.25) is 10.1 Å². The molecule has 3 aromatic heterocycles. The topological polar surface area (TPSA) is 54.5 Å². The highest BCUT2D eigenvalue weighted by Crippen LogP contribution is 2.43. The summed E-state index contributed by atoms with van der Waals surface area (Å²) >= 11 is 0. The van der Waals surface area contributed by atoms with Crippen LogP contribution in [-0.2, 0) is 10.8 Å². The van der Waals surface area contributed by atoms with Gasteiger partial charge in [0.25, 0.3) is 0 Å². The fourth-order valence-electron chi connectivity index (χ4n) is 4.47. The first kappa shape index (κ1) is 21.8. The van der Waals surface area contributed by atoms with E-state index in [1.165, 1.54) is 0 Å². The first-order chi connectivity index (χ1) is 16.5. The van der Waals surface area contributed by atoms with Gasteiger partial charge < -0.3 is 0 Å². The Morgan fingerprint density at radius 1 is 0.618 bits per heavy atom. The zero-order valence-corrected chi connectivity index (χ0v) is 19.7. The van der Waals surface area contributed by atoms with Crippen molar-refractivity contribution in [2.45, 2.75) is 31.6 Å². The van der Waals surface area contributed by atoms with Crippen LogP contribution in [0, 0.1) is 0 Å². The van der Waals surface area contributed by atoms with E-state index in [0.717, 1.165) is 39.6 Å². The van der Waals surface area contributed by atoms with E-state index in [1.54, 1.807) is 0 Å². The van der Waals surface area contributed by atoms with E-state index in [-0.39, 0.29) is 5.41 Å². The monoisotopic (exact) mass is 444 g/mol. The molecule has 5 rings (SSSR count). The summed E-state index contributed by atoms with van der Waals surface area (Å²) in [4.78, 5) is 10.1. The molecule has 0 saturated heterocycles. The van der Waals surface area contributed by atoms with Gasteiger partial charge in [-0.15, -0.1) is 0 Å². The third kappa shape index (κ3) is 3.81. The smallest absolute Gasteiger partial charge is 0.111 e. The molecule has 0 unspecified atom stereocenters. The number of H-pyrrole nitrogens is 1. The van der Waals surface area contributed by atoms with Crippen LogP contribution in [0.5, 0.6) is 0 Å². The van der Waals surface area contributed by atoms with Gasteiger partial charge in [0.15, 0.2) is 0 Å². The van der Waals surface area contributed by atoms with Crippen LogP contribution in [0.3, 0.4) is 0 Å². The number of benzene rings is 2. The minimum Gasteiger partial charge on any atom is -0.281 e. The van der Waals surface area contributed by atoms with E-state index in [9.17, 15) is 0 Å². The van der Waals surface area contributed by atoms with E-state index in [2.05, 4.69) is 104 Å². The van der Waals surface area contributed by atoms with Crippen LogP contribution in [0.1, 0.15) is 49.0 Å². The van der Waals surface area contributed by atoms with Crippen LogP contribution in [0.25, 0.3) is 11.4 Å².